The Morgan fingerprint density at radius 1 is 0.774 bits per heavy atom. The molecule has 2 aliphatic rings. The molecule has 0 aliphatic carbocycles. The molecule has 4 atom stereocenters. The number of fused-ring (bicyclic) bond motifs is 1. The van der Waals surface area contributed by atoms with Gasteiger partial charge in [0.15, 0.2) is 0 Å². The summed E-state index contributed by atoms with van der Waals surface area (Å²) in [7, 11) is 0. The zero-order valence-corrected chi connectivity index (χ0v) is 16.9. The summed E-state index contributed by atoms with van der Waals surface area (Å²) in [5.74, 6) is 0.316. The number of benzene rings is 2. The first-order chi connectivity index (χ1) is 15.1. The topological polar surface area (TPSA) is 64.6 Å². The van der Waals surface area contributed by atoms with Crippen molar-refractivity contribution < 1.29 is 41.9 Å². The van der Waals surface area contributed by atoms with E-state index in [1.54, 1.807) is 0 Å². The lowest BCUT2D eigenvalue weighted by Gasteiger charge is -2.25. The van der Waals surface area contributed by atoms with Crippen LogP contribution < -0.4 is 9.47 Å². The van der Waals surface area contributed by atoms with Gasteiger partial charge in [-0.2, -0.15) is 0 Å². The summed E-state index contributed by atoms with van der Waals surface area (Å²) in [5.41, 5.74) is 0. The first-order valence-electron chi connectivity index (χ1n) is 10.0. The molecule has 2 heterocycles. The Kier molecular flexibility index (Phi) is 7.31. The van der Waals surface area contributed by atoms with Crippen LogP contribution in [0.5, 0.6) is 11.5 Å². The lowest BCUT2D eigenvalue weighted by Crippen LogP contribution is -2.45. The van der Waals surface area contributed by atoms with Gasteiger partial charge in [-0.05, 0) is 55.5 Å². The predicted molar refractivity (Wildman–Crippen MR) is 104 cm³/mol. The summed E-state index contributed by atoms with van der Waals surface area (Å²) >= 11 is 0. The normalized spacial score (nSPS) is 28.0. The van der Waals surface area contributed by atoms with Gasteiger partial charge in [0.2, 0.25) is 0 Å². The van der Waals surface area contributed by atoms with Crippen LogP contribution in [0.3, 0.4) is 0 Å². The van der Waals surface area contributed by atoms with Crippen LogP contribution in [0.15, 0.2) is 48.5 Å². The molecule has 2 aromatic carbocycles. The lowest BCUT2D eigenvalue weighted by molar-refractivity contribution is -0.261. The molecule has 2 aromatic rings. The second-order valence-electron chi connectivity index (χ2n) is 7.00. The third kappa shape index (κ3) is 5.69. The van der Waals surface area contributed by atoms with Crippen molar-refractivity contribution in [1.82, 2.24) is 0 Å². The molecule has 0 N–H and O–H groups in total. The summed E-state index contributed by atoms with van der Waals surface area (Å²) in [4.78, 5) is 0. The smallest absolute Gasteiger partial charge is 0.272 e. The minimum atomic E-state index is -0.869. The Hall–Kier alpha value is -2.30. The Morgan fingerprint density at radius 3 is 1.65 bits per heavy atom. The van der Waals surface area contributed by atoms with Gasteiger partial charge in [-0.25, -0.2) is 8.78 Å². The van der Waals surface area contributed by atoms with Crippen molar-refractivity contribution in [2.24, 2.45) is 0 Å². The Morgan fingerprint density at radius 2 is 1.23 bits per heavy atom. The Balaban J connectivity index is 1.42. The standard InChI is InChI=1S/C22H24F2O7/c1-2-25-22-30-20-18(11-26-16-7-3-14(23)4-8-16)28-13-29-19(21(20)31-22)12-27-17-9-5-15(24)6-10-17/h3-10,18-22H,2,11-13H2,1H3. The predicted octanol–water partition coefficient (Wildman–Crippen LogP) is 3.27. The zero-order chi connectivity index (χ0) is 21.6. The third-order valence-electron chi connectivity index (χ3n) is 4.92. The maximum atomic E-state index is 13.1. The molecule has 7 nitrogen and oxygen atoms in total. The third-order valence-corrected chi connectivity index (χ3v) is 4.92. The number of halogens is 2. The van der Waals surface area contributed by atoms with Crippen molar-refractivity contribution in [2.75, 3.05) is 26.6 Å². The van der Waals surface area contributed by atoms with E-state index in [0.29, 0.717) is 18.1 Å². The molecule has 168 valence electrons. The van der Waals surface area contributed by atoms with E-state index in [4.69, 9.17) is 33.2 Å². The second kappa shape index (κ2) is 10.3. The van der Waals surface area contributed by atoms with Crippen molar-refractivity contribution >= 4 is 0 Å². The molecule has 31 heavy (non-hydrogen) atoms. The highest BCUT2D eigenvalue weighted by molar-refractivity contribution is 5.23. The van der Waals surface area contributed by atoms with Gasteiger partial charge >= 0.3 is 0 Å². The van der Waals surface area contributed by atoms with E-state index in [-0.39, 0.29) is 31.6 Å². The highest BCUT2D eigenvalue weighted by atomic mass is 19.1. The highest BCUT2D eigenvalue weighted by Gasteiger charge is 2.49. The minimum absolute atomic E-state index is 0.0199. The summed E-state index contributed by atoms with van der Waals surface area (Å²) in [6.07, 6.45) is -2.12. The molecule has 0 bridgehead atoms. The molecular weight excluding hydrogens is 414 g/mol. The maximum Gasteiger partial charge on any atom is 0.272 e. The average Bonchev–Trinajstić information content (AvgIpc) is 3.12. The Labute approximate surface area is 178 Å². The first-order valence-corrected chi connectivity index (χ1v) is 10.0. The number of rotatable bonds is 8. The van der Waals surface area contributed by atoms with E-state index >= 15 is 0 Å². The summed E-state index contributed by atoms with van der Waals surface area (Å²) < 4.78 is 66.6. The molecular formula is C22H24F2O7. The highest BCUT2D eigenvalue weighted by Crippen LogP contribution is 2.31. The molecule has 0 radical (unpaired) electrons. The molecule has 4 rings (SSSR count). The van der Waals surface area contributed by atoms with Crippen molar-refractivity contribution in [3.05, 3.63) is 60.2 Å². The average molecular weight is 438 g/mol. The molecule has 2 fully saturated rings. The first kappa shape index (κ1) is 21.9. The van der Waals surface area contributed by atoms with Gasteiger partial charge < -0.3 is 33.2 Å². The summed E-state index contributed by atoms with van der Waals surface area (Å²) in [6.45, 7) is 1.63. The quantitative estimate of drug-likeness (QED) is 0.627. The fourth-order valence-corrected chi connectivity index (χ4v) is 3.36. The van der Waals surface area contributed by atoms with Crippen molar-refractivity contribution in [1.29, 1.82) is 0 Å². The molecule has 2 aliphatic heterocycles. The van der Waals surface area contributed by atoms with E-state index in [1.807, 2.05) is 6.92 Å². The van der Waals surface area contributed by atoms with E-state index in [9.17, 15) is 8.78 Å². The van der Waals surface area contributed by atoms with Gasteiger partial charge in [0.1, 0.15) is 67.6 Å². The van der Waals surface area contributed by atoms with E-state index in [0.717, 1.165) is 0 Å². The van der Waals surface area contributed by atoms with Crippen LogP contribution in [0.4, 0.5) is 8.78 Å². The van der Waals surface area contributed by atoms with Crippen LogP contribution in [0.2, 0.25) is 0 Å². The Bertz CT molecular complexity index is 752. The van der Waals surface area contributed by atoms with Gasteiger partial charge in [-0.15, -0.1) is 0 Å². The van der Waals surface area contributed by atoms with Crippen LogP contribution in [0.1, 0.15) is 6.92 Å². The largest absolute Gasteiger partial charge is 0.491 e. The van der Waals surface area contributed by atoms with Crippen LogP contribution >= 0.6 is 0 Å². The number of ether oxygens (including phenoxy) is 7. The van der Waals surface area contributed by atoms with Crippen LogP contribution in [-0.2, 0) is 23.7 Å². The van der Waals surface area contributed by atoms with E-state index in [2.05, 4.69) is 0 Å². The van der Waals surface area contributed by atoms with Gasteiger partial charge in [-0.3, -0.25) is 0 Å². The van der Waals surface area contributed by atoms with Crippen LogP contribution in [0, 0.1) is 11.6 Å². The van der Waals surface area contributed by atoms with Crippen LogP contribution in [-0.4, -0.2) is 57.5 Å². The molecule has 0 aromatic heterocycles. The van der Waals surface area contributed by atoms with Gasteiger partial charge in [-0.1, -0.05) is 0 Å². The molecule has 0 spiro atoms. The molecule has 9 heteroatoms. The van der Waals surface area contributed by atoms with Gasteiger partial charge in [0.25, 0.3) is 6.48 Å². The molecule has 0 saturated carbocycles. The second-order valence-corrected chi connectivity index (χ2v) is 7.00. The van der Waals surface area contributed by atoms with Gasteiger partial charge in [0.05, 0.1) is 0 Å². The number of hydrogen-bond acceptors (Lipinski definition) is 7. The SMILES string of the molecule is CCOC1OC2C(COc3ccc(F)cc3)OCOC(COc3ccc(F)cc3)C2O1. The minimum Gasteiger partial charge on any atom is -0.491 e. The molecule has 0 amide bonds. The van der Waals surface area contributed by atoms with Crippen molar-refractivity contribution in [3.63, 3.8) is 0 Å². The fourth-order valence-electron chi connectivity index (χ4n) is 3.36. The summed E-state index contributed by atoms with van der Waals surface area (Å²) in [5, 5.41) is 0. The van der Waals surface area contributed by atoms with Crippen molar-refractivity contribution in [3.8, 4) is 11.5 Å². The molecule has 2 saturated heterocycles. The molecule has 4 unspecified atom stereocenters. The monoisotopic (exact) mass is 438 g/mol. The number of hydrogen-bond donors (Lipinski definition) is 0. The van der Waals surface area contributed by atoms with Crippen LogP contribution in [0.25, 0.3) is 0 Å². The van der Waals surface area contributed by atoms with E-state index < -0.39 is 30.9 Å². The summed E-state index contributed by atoms with van der Waals surface area (Å²) in [6, 6.07) is 11.4. The zero-order valence-electron chi connectivity index (χ0n) is 16.9. The maximum absolute atomic E-state index is 13.1. The van der Waals surface area contributed by atoms with Gasteiger partial charge in [0, 0.05) is 6.61 Å². The van der Waals surface area contributed by atoms with E-state index in [1.165, 1.54) is 48.5 Å². The fraction of sp³-hybridized carbons (Fsp3) is 0.455. The van der Waals surface area contributed by atoms with Crippen molar-refractivity contribution in [2.45, 2.75) is 37.8 Å². The lowest BCUT2D eigenvalue weighted by atomic mass is 10.0.